The van der Waals surface area contributed by atoms with Gasteiger partial charge in [0.2, 0.25) is 0 Å². The molecule has 0 radical (unpaired) electrons. The van der Waals surface area contributed by atoms with Gasteiger partial charge in [0.1, 0.15) is 0 Å². The Labute approximate surface area is 51.7 Å². The van der Waals surface area contributed by atoms with Gasteiger partial charge in [0.25, 0.3) is 0 Å². The van der Waals surface area contributed by atoms with Gasteiger partial charge in [0.15, 0.2) is 0 Å². The van der Waals surface area contributed by atoms with Crippen molar-refractivity contribution in [1.29, 1.82) is 0 Å². The summed E-state index contributed by atoms with van der Waals surface area (Å²) in [6.07, 6.45) is 0. The second-order valence-corrected chi connectivity index (χ2v) is 3.51. The van der Waals surface area contributed by atoms with E-state index in [0.29, 0.717) is 5.23 Å². The van der Waals surface area contributed by atoms with Crippen LogP contribution in [0.2, 0.25) is 0 Å². The van der Waals surface area contributed by atoms with Crippen LogP contribution in [0.25, 0.3) is 0 Å². The van der Waals surface area contributed by atoms with Crippen molar-refractivity contribution in [3.8, 4) is 0 Å². The molecule has 0 heterocycles. The summed E-state index contributed by atoms with van der Waals surface area (Å²) in [5.74, 6) is 0. The molecule has 0 aromatic rings. The molecule has 0 aliphatic rings. The van der Waals surface area contributed by atoms with Gasteiger partial charge in [-0.2, -0.15) is 0 Å². The van der Waals surface area contributed by atoms with Crippen molar-refractivity contribution in [3.63, 3.8) is 0 Å². The highest BCUT2D eigenvalue weighted by atomic mass is 31.0. The zero-order chi connectivity index (χ0) is 6.78. The number of rotatable bonds is 2. The minimum Gasteiger partial charge on any atom is -0.761 e. The van der Waals surface area contributed by atoms with Crippen LogP contribution < -0.4 is 0 Å². The Bertz CT molecular complexity index is 70.9. The van der Waals surface area contributed by atoms with Crippen LogP contribution in [0.5, 0.6) is 0 Å². The van der Waals surface area contributed by atoms with E-state index in [-0.39, 0.29) is 0 Å². The predicted octanol–water partition coefficient (Wildman–Crippen LogP) is 0.959. The van der Waals surface area contributed by atoms with Crippen molar-refractivity contribution < 1.29 is 4.84 Å². The SMILES string of the molecule is CON([O-])C(C)(C)P. The lowest BCUT2D eigenvalue weighted by Crippen LogP contribution is -2.32. The third kappa shape index (κ3) is 2.58. The highest BCUT2D eigenvalue weighted by Crippen LogP contribution is 2.19. The van der Waals surface area contributed by atoms with Crippen molar-refractivity contribution >= 4 is 9.24 Å². The van der Waals surface area contributed by atoms with Gasteiger partial charge in [0, 0.05) is 5.28 Å². The van der Waals surface area contributed by atoms with Crippen LogP contribution >= 0.6 is 9.24 Å². The Morgan fingerprint density at radius 3 is 2.00 bits per heavy atom. The molecule has 0 N–H and O–H groups in total. The molecule has 4 heteroatoms. The summed E-state index contributed by atoms with van der Waals surface area (Å²) in [5, 5.41) is 10.5. The zero-order valence-corrected chi connectivity index (χ0v) is 6.50. The smallest absolute Gasteiger partial charge is 0.0563 e. The fourth-order valence-corrected chi connectivity index (χ4v) is 0.341. The van der Waals surface area contributed by atoms with Gasteiger partial charge >= 0.3 is 0 Å². The number of hydroxylamine groups is 2. The summed E-state index contributed by atoms with van der Waals surface area (Å²) >= 11 is 0. The predicted molar refractivity (Wildman–Crippen MR) is 36.0 cm³/mol. The fraction of sp³-hybridized carbons (Fsp3) is 1.00. The van der Waals surface area contributed by atoms with Crippen molar-refractivity contribution in [2.45, 2.75) is 19.1 Å². The molecule has 0 saturated heterocycles. The molecule has 0 amide bonds. The normalized spacial score (nSPS) is 12.8. The van der Waals surface area contributed by atoms with Gasteiger partial charge < -0.3 is 10.0 Å². The summed E-state index contributed by atoms with van der Waals surface area (Å²) in [5.41, 5.74) is 0. The van der Waals surface area contributed by atoms with E-state index in [9.17, 15) is 5.21 Å². The molecule has 0 saturated carbocycles. The Hall–Kier alpha value is 0.310. The molecule has 0 fully saturated rings. The van der Waals surface area contributed by atoms with Crippen molar-refractivity contribution in [2.24, 2.45) is 0 Å². The van der Waals surface area contributed by atoms with Crippen molar-refractivity contribution in [1.82, 2.24) is 5.23 Å². The standard InChI is InChI=1S/C4H11NO2P/c1-4(2,8)5(6)7-3/h8H2,1-3H3/q-1. The lowest BCUT2D eigenvalue weighted by atomic mass is 10.4. The molecule has 3 nitrogen and oxygen atoms in total. The van der Waals surface area contributed by atoms with Crippen LogP contribution in [0.4, 0.5) is 0 Å². The Morgan fingerprint density at radius 2 is 2.00 bits per heavy atom. The van der Waals surface area contributed by atoms with E-state index in [2.05, 4.69) is 14.1 Å². The van der Waals surface area contributed by atoms with Crippen LogP contribution in [-0.2, 0) is 4.84 Å². The molecular weight excluding hydrogens is 125 g/mol. The second kappa shape index (κ2) is 2.74. The third-order valence-electron chi connectivity index (χ3n) is 0.636. The molecule has 0 bridgehead atoms. The molecule has 50 valence electrons. The van der Waals surface area contributed by atoms with Gasteiger partial charge in [-0.1, -0.05) is 0 Å². The van der Waals surface area contributed by atoms with Gasteiger partial charge in [-0.05, 0) is 13.8 Å². The molecule has 1 unspecified atom stereocenters. The largest absolute Gasteiger partial charge is 0.761 e. The molecular formula is C4H11NO2P-. The van der Waals surface area contributed by atoms with E-state index in [4.69, 9.17) is 0 Å². The lowest BCUT2D eigenvalue weighted by Gasteiger charge is -2.37. The van der Waals surface area contributed by atoms with Crippen LogP contribution in [0.1, 0.15) is 13.8 Å². The number of hydrogen-bond acceptors (Lipinski definition) is 3. The molecule has 8 heavy (non-hydrogen) atoms. The minimum absolute atomic E-state index is 0.519. The lowest BCUT2D eigenvalue weighted by molar-refractivity contribution is -0.122. The van der Waals surface area contributed by atoms with Crippen molar-refractivity contribution in [3.05, 3.63) is 5.21 Å². The van der Waals surface area contributed by atoms with Gasteiger partial charge in [-0.25, -0.2) is 0 Å². The number of nitrogens with zero attached hydrogens (tertiary/aromatic N) is 1. The van der Waals surface area contributed by atoms with E-state index in [1.54, 1.807) is 13.8 Å². The maximum absolute atomic E-state index is 10.5. The first-order chi connectivity index (χ1) is 3.48. The average molecular weight is 136 g/mol. The maximum atomic E-state index is 10.5. The summed E-state index contributed by atoms with van der Waals surface area (Å²) in [4.78, 5) is 4.37. The van der Waals surface area contributed by atoms with Crippen LogP contribution in [0, 0.1) is 5.21 Å². The third-order valence-corrected chi connectivity index (χ3v) is 0.847. The van der Waals surface area contributed by atoms with E-state index in [1.807, 2.05) is 0 Å². The van der Waals surface area contributed by atoms with E-state index < -0.39 is 5.28 Å². The fourth-order valence-electron chi connectivity index (χ4n) is 0.235. The molecule has 0 aliphatic heterocycles. The molecule has 0 aliphatic carbocycles. The van der Waals surface area contributed by atoms with E-state index in [0.717, 1.165) is 0 Å². The Balaban J connectivity index is 3.62. The molecule has 0 rings (SSSR count). The first kappa shape index (κ1) is 8.31. The first-order valence-electron chi connectivity index (χ1n) is 2.29. The number of hydrogen-bond donors (Lipinski definition) is 0. The highest BCUT2D eigenvalue weighted by molar-refractivity contribution is 7.18. The van der Waals surface area contributed by atoms with Gasteiger partial charge in [-0.3, -0.25) is 5.23 Å². The monoisotopic (exact) mass is 136 g/mol. The van der Waals surface area contributed by atoms with Gasteiger partial charge in [-0.15, -0.1) is 9.24 Å². The van der Waals surface area contributed by atoms with Crippen LogP contribution in [0.3, 0.4) is 0 Å². The zero-order valence-electron chi connectivity index (χ0n) is 5.34. The highest BCUT2D eigenvalue weighted by Gasteiger charge is 2.10. The Kier molecular flexibility index (Phi) is 2.84. The molecule has 0 spiro atoms. The first-order valence-corrected chi connectivity index (χ1v) is 2.86. The minimum atomic E-state index is -0.519. The maximum Gasteiger partial charge on any atom is 0.0563 e. The molecule has 1 atom stereocenters. The Morgan fingerprint density at radius 1 is 1.62 bits per heavy atom. The summed E-state index contributed by atoms with van der Waals surface area (Å²) in [7, 11) is 3.71. The summed E-state index contributed by atoms with van der Waals surface area (Å²) in [6.45, 7) is 3.49. The average Bonchev–Trinajstić information content (AvgIpc) is 1.62. The van der Waals surface area contributed by atoms with Crippen molar-refractivity contribution in [2.75, 3.05) is 7.11 Å². The quantitative estimate of drug-likeness (QED) is 0.419. The molecule has 0 aromatic heterocycles. The summed E-state index contributed by atoms with van der Waals surface area (Å²) < 4.78 is 0. The van der Waals surface area contributed by atoms with Crippen LogP contribution in [-0.4, -0.2) is 17.6 Å². The van der Waals surface area contributed by atoms with Crippen LogP contribution in [0.15, 0.2) is 0 Å². The van der Waals surface area contributed by atoms with E-state index >= 15 is 0 Å². The van der Waals surface area contributed by atoms with E-state index in [1.165, 1.54) is 7.11 Å². The summed E-state index contributed by atoms with van der Waals surface area (Å²) in [6, 6.07) is 0. The topological polar surface area (TPSA) is 35.5 Å². The van der Waals surface area contributed by atoms with Gasteiger partial charge in [0.05, 0.1) is 7.11 Å². The second-order valence-electron chi connectivity index (χ2n) is 2.09. The molecule has 0 aromatic carbocycles.